The summed E-state index contributed by atoms with van der Waals surface area (Å²) in [6.45, 7) is 1.83. The maximum absolute atomic E-state index is 11.8. The number of carbonyl (C=O) groups is 1. The largest absolute Gasteiger partial charge is 0.481 e. The first-order chi connectivity index (χ1) is 9.58. The minimum Gasteiger partial charge on any atom is -0.481 e. The van der Waals surface area contributed by atoms with Crippen LogP contribution in [-0.4, -0.2) is 41.7 Å². The number of hydrogen-bond acceptors (Lipinski definition) is 7. The number of anilines is 2. The number of likely N-dealkylation sites (N-methyl/N-ethyl adjacent to an activating group) is 1. The fourth-order valence-electron chi connectivity index (χ4n) is 1.52. The first-order valence-electron chi connectivity index (χ1n) is 5.90. The molecule has 2 rings (SSSR count). The van der Waals surface area contributed by atoms with Crippen LogP contribution in [0.5, 0.6) is 5.88 Å². The Morgan fingerprint density at radius 1 is 1.55 bits per heavy atom. The van der Waals surface area contributed by atoms with Gasteiger partial charge in [0.25, 0.3) is 0 Å². The smallest absolute Gasteiger partial charge is 0.245 e. The Morgan fingerprint density at radius 2 is 2.35 bits per heavy atom. The third kappa shape index (κ3) is 3.44. The number of nitrogens with one attached hydrogen (secondary N) is 1. The molecule has 0 aliphatic rings. The molecule has 20 heavy (non-hydrogen) atoms. The topological polar surface area (TPSA) is 93.4 Å². The van der Waals surface area contributed by atoms with Gasteiger partial charge in [0.05, 0.1) is 13.7 Å². The number of nitrogens with zero attached hydrogens (tertiary/aromatic N) is 4. The summed E-state index contributed by atoms with van der Waals surface area (Å²) in [5, 5.41) is 6.31. The SMILES string of the molecule is COc1ccnc(N(C)CC(=O)Nc2cc(C)on2)n1. The van der Waals surface area contributed by atoms with Crippen molar-refractivity contribution in [1.29, 1.82) is 0 Å². The maximum atomic E-state index is 11.8. The Kier molecular flexibility index (Phi) is 4.14. The molecular weight excluding hydrogens is 262 g/mol. The lowest BCUT2D eigenvalue weighted by Gasteiger charge is -2.16. The number of rotatable bonds is 5. The number of carbonyl (C=O) groups excluding carboxylic acids is 1. The molecule has 0 unspecified atom stereocenters. The van der Waals surface area contributed by atoms with Gasteiger partial charge in [0, 0.05) is 25.4 Å². The van der Waals surface area contributed by atoms with Crippen LogP contribution in [-0.2, 0) is 4.79 Å². The minimum absolute atomic E-state index is 0.0824. The van der Waals surface area contributed by atoms with Crippen LogP contribution in [0.3, 0.4) is 0 Å². The molecule has 2 heterocycles. The molecule has 0 aliphatic heterocycles. The highest BCUT2D eigenvalue weighted by molar-refractivity contribution is 5.92. The van der Waals surface area contributed by atoms with E-state index in [1.165, 1.54) is 7.11 Å². The Labute approximate surface area is 115 Å². The van der Waals surface area contributed by atoms with E-state index in [1.54, 1.807) is 37.2 Å². The van der Waals surface area contributed by atoms with Gasteiger partial charge in [0.2, 0.25) is 17.7 Å². The minimum atomic E-state index is -0.243. The molecule has 1 N–H and O–H groups in total. The van der Waals surface area contributed by atoms with Crippen LogP contribution in [0.1, 0.15) is 5.76 Å². The molecule has 0 spiro atoms. The van der Waals surface area contributed by atoms with Gasteiger partial charge in [-0.1, -0.05) is 5.16 Å². The van der Waals surface area contributed by atoms with Gasteiger partial charge in [0.1, 0.15) is 5.76 Å². The van der Waals surface area contributed by atoms with E-state index in [9.17, 15) is 4.79 Å². The van der Waals surface area contributed by atoms with Crippen molar-refractivity contribution in [2.75, 3.05) is 30.9 Å². The van der Waals surface area contributed by atoms with Crippen LogP contribution in [0.25, 0.3) is 0 Å². The van der Waals surface area contributed by atoms with E-state index in [1.807, 2.05) is 0 Å². The number of methoxy groups -OCH3 is 1. The molecule has 8 heteroatoms. The molecule has 0 bridgehead atoms. The van der Waals surface area contributed by atoms with E-state index < -0.39 is 0 Å². The molecule has 8 nitrogen and oxygen atoms in total. The Bertz CT molecular complexity index is 598. The molecule has 0 saturated carbocycles. The van der Waals surface area contributed by atoms with Crippen molar-refractivity contribution in [2.45, 2.75) is 6.92 Å². The third-order valence-electron chi connectivity index (χ3n) is 2.44. The van der Waals surface area contributed by atoms with Crippen molar-refractivity contribution in [1.82, 2.24) is 15.1 Å². The molecule has 0 aliphatic carbocycles. The number of aryl methyl sites for hydroxylation is 1. The Hall–Kier alpha value is -2.64. The lowest BCUT2D eigenvalue weighted by molar-refractivity contribution is -0.115. The summed E-state index contributed by atoms with van der Waals surface area (Å²) in [6, 6.07) is 3.27. The van der Waals surface area contributed by atoms with Crippen LogP contribution in [0, 0.1) is 6.92 Å². The average Bonchev–Trinajstić information content (AvgIpc) is 2.83. The lowest BCUT2D eigenvalue weighted by Crippen LogP contribution is -2.31. The zero-order valence-corrected chi connectivity index (χ0v) is 11.5. The number of amides is 1. The molecule has 2 aromatic heterocycles. The molecule has 0 aromatic carbocycles. The van der Waals surface area contributed by atoms with Crippen molar-refractivity contribution in [3.8, 4) is 5.88 Å². The molecule has 0 radical (unpaired) electrons. The first-order valence-corrected chi connectivity index (χ1v) is 5.90. The fourth-order valence-corrected chi connectivity index (χ4v) is 1.52. The summed E-state index contributed by atoms with van der Waals surface area (Å²) in [4.78, 5) is 21.6. The van der Waals surface area contributed by atoms with E-state index in [4.69, 9.17) is 9.26 Å². The molecular formula is C12H15N5O3. The number of hydrogen-bond donors (Lipinski definition) is 1. The van der Waals surface area contributed by atoms with Gasteiger partial charge in [-0.15, -0.1) is 0 Å². The Morgan fingerprint density at radius 3 is 3.00 bits per heavy atom. The Balaban J connectivity index is 1.96. The van der Waals surface area contributed by atoms with E-state index >= 15 is 0 Å². The second-order valence-corrected chi connectivity index (χ2v) is 4.13. The monoisotopic (exact) mass is 277 g/mol. The summed E-state index contributed by atoms with van der Waals surface area (Å²) < 4.78 is 9.87. The second-order valence-electron chi connectivity index (χ2n) is 4.13. The number of aromatic nitrogens is 3. The molecule has 0 fully saturated rings. The van der Waals surface area contributed by atoms with Gasteiger partial charge >= 0.3 is 0 Å². The lowest BCUT2D eigenvalue weighted by atomic mass is 10.4. The molecule has 2 aromatic rings. The van der Waals surface area contributed by atoms with Crippen molar-refractivity contribution < 1.29 is 14.1 Å². The summed E-state index contributed by atoms with van der Waals surface area (Å²) in [7, 11) is 3.23. The van der Waals surface area contributed by atoms with E-state index in [2.05, 4.69) is 20.4 Å². The van der Waals surface area contributed by atoms with Crippen LogP contribution >= 0.6 is 0 Å². The van der Waals surface area contributed by atoms with E-state index in [-0.39, 0.29) is 12.5 Å². The van der Waals surface area contributed by atoms with Crippen molar-refractivity contribution >= 4 is 17.7 Å². The van der Waals surface area contributed by atoms with Gasteiger partial charge in [-0.25, -0.2) is 4.98 Å². The van der Waals surface area contributed by atoms with Gasteiger partial charge in [0.15, 0.2) is 5.82 Å². The standard InChI is InChI=1S/C12H15N5O3/c1-8-6-9(16-20-8)14-10(18)7-17(2)12-13-5-4-11(15-12)19-3/h4-6H,7H2,1-3H3,(H,14,16,18). The van der Waals surface area contributed by atoms with Gasteiger partial charge in [-0.3, -0.25) is 4.79 Å². The van der Waals surface area contributed by atoms with Crippen molar-refractivity contribution in [3.63, 3.8) is 0 Å². The number of ether oxygens (including phenoxy) is 1. The molecule has 1 amide bonds. The zero-order valence-electron chi connectivity index (χ0n) is 11.5. The zero-order chi connectivity index (χ0) is 14.5. The highest BCUT2D eigenvalue weighted by atomic mass is 16.5. The predicted molar refractivity (Wildman–Crippen MR) is 71.7 cm³/mol. The molecule has 106 valence electrons. The fraction of sp³-hybridized carbons (Fsp3) is 0.333. The highest BCUT2D eigenvalue weighted by Crippen LogP contribution is 2.11. The average molecular weight is 277 g/mol. The van der Waals surface area contributed by atoms with Gasteiger partial charge in [-0.05, 0) is 6.92 Å². The quantitative estimate of drug-likeness (QED) is 0.866. The predicted octanol–water partition coefficient (Wildman–Crippen LogP) is 0.857. The molecule has 0 atom stereocenters. The normalized spacial score (nSPS) is 10.2. The summed E-state index contributed by atoms with van der Waals surface area (Å²) >= 11 is 0. The van der Waals surface area contributed by atoms with Crippen LogP contribution in [0.2, 0.25) is 0 Å². The first kappa shape index (κ1) is 13.8. The second kappa shape index (κ2) is 6.00. The van der Waals surface area contributed by atoms with Crippen molar-refractivity contribution in [3.05, 3.63) is 24.1 Å². The highest BCUT2D eigenvalue weighted by Gasteiger charge is 2.12. The van der Waals surface area contributed by atoms with Crippen molar-refractivity contribution in [2.24, 2.45) is 0 Å². The summed E-state index contributed by atoms with van der Waals surface area (Å²) in [5.41, 5.74) is 0. The maximum Gasteiger partial charge on any atom is 0.245 e. The summed E-state index contributed by atoms with van der Waals surface area (Å²) in [6.07, 6.45) is 1.57. The van der Waals surface area contributed by atoms with Crippen LogP contribution in [0.15, 0.2) is 22.9 Å². The van der Waals surface area contributed by atoms with Gasteiger partial charge < -0.3 is 19.5 Å². The van der Waals surface area contributed by atoms with E-state index in [0.717, 1.165) is 0 Å². The van der Waals surface area contributed by atoms with E-state index in [0.29, 0.717) is 23.4 Å². The summed E-state index contributed by atoms with van der Waals surface area (Å²) in [5.74, 6) is 1.61. The van der Waals surface area contributed by atoms with Crippen LogP contribution < -0.4 is 15.0 Å². The molecule has 0 saturated heterocycles. The van der Waals surface area contributed by atoms with Crippen LogP contribution in [0.4, 0.5) is 11.8 Å². The van der Waals surface area contributed by atoms with Gasteiger partial charge in [-0.2, -0.15) is 4.98 Å². The third-order valence-corrected chi connectivity index (χ3v) is 2.44.